The van der Waals surface area contributed by atoms with Gasteiger partial charge in [-0.2, -0.15) is 0 Å². The van der Waals surface area contributed by atoms with Gasteiger partial charge in [-0.3, -0.25) is 4.79 Å². The number of halogens is 1. The molecule has 0 bridgehead atoms. The molecule has 0 aliphatic heterocycles. The predicted octanol–water partition coefficient (Wildman–Crippen LogP) is 3.00. The maximum absolute atomic E-state index is 11.5. The van der Waals surface area contributed by atoms with Gasteiger partial charge in [0.15, 0.2) is 0 Å². The maximum atomic E-state index is 11.5. The zero-order chi connectivity index (χ0) is 12.8. The van der Waals surface area contributed by atoms with Gasteiger partial charge in [0.1, 0.15) is 5.75 Å². The number of ether oxygens (including phenoxy) is 2. The third-order valence-corrected chi connectivity index (χ3v) is 3.13. The van der Waals surface area contributed by atoms with Crippen molar-refractivity contribution < 1.29 is 14.3 Å². The van der Waals surface area contributed by atoms with Gasteiger partial charge in [0.25, 0.3) is 0 Å². The summed E-state index contributed by atoms with van der Waals surface area (Å²) in [6.45, 7) is 4.22. The van der Waals surface area contributed by atoms with Gasteiger partial charge in [0, 0.05) is 10.9 Å². The van der Waals surface area contributed by atoms with Gasteiger partial charge in [-0.1, -0.05) is 22.0 Å². The number of carbonyl (C=O) groups excluding carboxylic acids is 1. The van der Waals surface area contributed by atoms with Crippen molar-refractivity contribution in [3.63, 3.8) is 0 Å². The zero-order valence-electron chi connectivity index (χ0n) is 10.4. The van der Waals surface area contributed by atoms with Crippen molar-refractivity contribution in [2.24, 2.45) is 0 Å². The van der Waals surface area contributed by atoms with Crippen molar-refractivity contribution in [2.75, 3.05) is 13.7 Å². The molecule has 0 spiro atoms. The quantitative estimate of drug-likeness (QED) is 0.619. The van der Waals surface area contributed by atoms with E-state index >= 15 is 0 Å². The van der Waals surface area contributed by atoms with Crippen LogP contribution in [-0.2, 0) is 21.3 Å². The molecule has 0 fully saturated rings. The van der Waals surface area contributed by atoms with E-state index in [1.807, 2.05) is 19.1 Å². The molecule has 0 saturated heterocycles. The Balaban J connectivity index is 2.98. The van der Waals surface area contributed by atoms with Crippen LogP contribution in [0.25, 0.3) is 0 Å². The highest BCUT2D eigenvalue weighted by molar-refractivity contribution is 9.08. The molecule has 0 amide bonds. The number of esters is 1. The second-order valence-electron chi connectivity index (χ2n) is 3.71. The second kappa shape index (κ2) is 6.64. The fourth-order valence-corrected chi connectivity index (χ4v) is 2.23. The van der Waals surface area contributed by atoms with Gasteiger partial charge >= 0.3 is 5.97 Å². The van der Waals surface area contributed by atoms with Gasteiger partial charge in [0.05, 0.1) is 20.1 Å². The van der Waals surface area contributed by atoms with Gasteiger partial charge < -0.3 is 9.47 Å². The number of alkyl halides is 1. The van der Waals surface area contributed by atoms with Gasteiger partial charge in [-0.15, -0.1) is 0 Å². The van der Waals surface area contributed by atoms with Crippen LogP contribution in [0.2, 0.25) is 0 Å². The molecule has 0 N–H and O–H groups in total. The number of methoxy groups -OCH3 is 1. The summed E-state index contributed by atoms with van der Waals surface area (Å²) in [6, 6.07) is 3.94. The largest absolute Gasteiger partial charge is 0.496 e. The zero-order valence-corrected chi connectivity index (χ0v) is 12.0. The Labute approximate surface area is 110 Å². The lowest BCUT2D eigenvalue weighted by molar-refractivity contribution is -0.142. The Hall–Kier alpha value is -1.03. The lowest BCUT2D eigenvalue weighted by atomic mass is 10.0. The first-order valence-corrected chi connectivity index (χ1v) is 6.62. The lowest BCUT2D eigenvalue weighted by Gasteiger charge is -2.12. The van der Waals surface area contributed by atoms with Crippen LogP contribution in [-0.4, -0.2) is 19.7 Å². The minimum atomic E-state index is -0.225. The van der Waals surface area contributed by atoms with Crippen molar-refractivity contribution in [2.45, 2.75) is 25.6 Å². The van der Waals surface area contributed by atoms with Crippen molar-refractivity contribution >= 4 is 21.9 Å². The Bertz CT molecular complexity index is 402. The first kappa shape index (κ1) is 14.0. The molecule has 0 radical (unpaired) electrons. The molecule has 0 aliphatic carbocycles. The maximum Gasteiger partial charge on any atom is 0.310 e. The molecule has 4 heteroatoms. The third kappa shape index (κ3) is 3.73. The number of benzene rings is 1. The normalized spacial score (nSPS) is 10.1. The summed E-state index contributed by atoms with van der Waals surface area (Å²) in [6.07, 6.45) is 0.250. The van der Waals surface area contributed by atoms with E-state index in [1.54, 1.807) is 14.0 Å². The standard InChI is InChI=1S/C13H17BrO3/c1-4-17-13(15)7-10-5-9(2)11(8-14)6-12(10)16-3/h5-6H,4,7-8H2,1-3H3. The first-order valence-electron chi connectivity index (χ1n) is 5.50. The van der Waals surface area contributed by atoms with E-state index in [9.17, 15) is 4.79 Å². The first-order chi connectivity index (χ1) is 8.12. The molecule has 3 nitrogen and oxygen atoms in total. The summed E-state index contributed by atoms with van der Waals surface area (Å²) >= 11 is 3.42. The SMILES string of the molecule is CCOC(=O)Cc1cc(C)c(CBr)cc1OC. The second-order valence-corrected chi connectivity index (χ2v) is 4.27. The Morgan fingerprint density at radius 1 is 1.35 bits per heavy atom. The van der Waals surface area contributed by atoms with Crippen molar-refractivity contribution in [3.05, 3.63) is 28.8 Å². The average Bonchev–Trinajstić information content (AvgIpc) is 2.29. The monoisotopic (exact) mass is 300 g/mol. The fourth-order valence-electron chi connectivity index (χ4n) is 1.63. The highest BCUT2D eigenvalue weighted by Crippen LogP contribution is 2.25. The lowest BCUT2D eigenvalue weighted by Crippen LogP contribution is -2.09. The van der Waals surface area contributed by atoms with E-state index in [-0.39, 0.29) is 12.4 Å². The van der Waals surface area contributed by atoms with E-state index in [1.165, 1.54) is 0 Å². The van der Waals surface area contributed by atoms with E-state index in [2.05, 4.69) is 15.9 Å². The van der Waals surface area contributed by atoms with Crippen molar-refractivity contribution in [3.8, 4) is 5.75 Å². The van der Waals surface area contributed by atoms with Crippen LogP contribution in [0.1, 0.15) is 23.6 Å². The van der Waals surface area contributed by atoms with Gasteiger partial charge in [0.2, 0.25) is 0 Å². The van der Waals surface area contributed by atoms with Crippen molar-refractivity contribution in [1.29, 1.82) is 0 Å². The van der Waals surface area contributed by atoms with E-state index in [0.29, 0.717) is 6.61 Å². The number of aryl methyl sites for hydroxylation is 1. The van der Waals surface area contributed by atoms with Crippen LogP contribution in [0.15, 0.2) is 12.1 Å². The average molecular weight is 301 g/mol. The number of hydrogen-bond acceptors (Lipinski definition) is 3. The van der Waals surface area contributed by atoms with Crippen LogP contribution >= 0.6 is 15.9 Å². The Morgan fingerprint density at radius 2 is 2.06 bits per heavy atom. The minimum Gasteiger partial charge on any atom is -0.496 e. The van der Waals surface area contributed by atoms with Crippen molar-refractivity contribution in [1.82, 2.24) is 0 Å². The van der Waals surface area contributed by atoms with Crippen LogP contribution in [0.3, 0.4) is 0 Å². The summed E-state index contributed by atoms with van der Waals surface area (Å²) in [7, 11) is 1.61. The van der Waals surface area contributed by atoms with Crippen LogP contribution in [0, 0.1) is 6.92 Å². The Morgan fingerprint density at radius 3 is 2.59 bits per heavy atom. The predicted molar refractivity (Wildman–Crippen MR) is 70.7 cm³/mol. The Kier molecular flexibility index (Phi) is 5.48. The molecule has 0 unspecified atom stereocenters. The summed E-state index contributed by atoms with van der Waals surface area (Å²) < 4.78 is 10.2. The fraction of sp³-hybridized carbons (Fsp3) is 0.462. The molecule has 0 saturated carbocycles. The molecule has 1 aromatic rings. The van der Waals surface area contributed by atoms with Crippen LogP contribution in [0.5, 0.6) is 5.75 Å². The summed E-state index contributed by atoms with van der Waals surface area (Å²) in [5.41, 5.74) is 3.17. The minimum absolute atomic E-state index is 0.225. The van der Waals surface area contributed by atoms with Crippen LogP contribution in [0.4, 0.5) is 0 Å². The van der Waals surface area contributed by atoms with E-state index in [0.717, 1.165) is 27.8 Å². The molecular formula is C13H17BrO3. The number of carbonyl (C=O) groups is 1. The molecule has 0 aromatic heterocycles. The summed E-state index contributed by atoms with van der Waals surface area (Å²) in [5.74, 6) is 0.509. The topological polar surface area (TPSA) is 35.5 Å². The molecule has 0 aliphatic rings. The molecule has 1 aromatic carbocycles. The summed E-state index contributed by atoms with van der Waals surface area (Å²) in [4.78, 5) is 11.5. The van der Waals surface area contributed by atoms with E-state index < -0.39 is 0 Å². The van der Waals surface area contributed by atoms with E-state index in [4.69, 9.17) is 9.47 Å². The molecule has 0 heterocycles. The number of rotatable bonds is 5. The summed E-state index contributed by atoms with van der Waals surface area (Å²) in [5, 5.41) is 0.773. The molecule has 1 rings (SSSR count). The van der Waals surface area contributed by atoms with Crippen LogP contribution < -0.4 is 4.74 Å². The molecular weight excluding hydrogens is 284 g/mol. The molecule has 0 atom stereocenters. The smallest absolute Gasteiger partial charge is 0.310 e. The molecule has 17 heavy (non-hydrogen) atoms. The third-order valence-electron chi connectivity index (χ3n) is 2.52. The van der Waals surface area contributed by atoms with Gasteiger partial charge in [-0.25, -0.2) is 0 Å². The highest BCUT2D eigenvalue weighted by atomic mass is 79.9. The number of hydrogen-bond donors (Lipinski definition) is 0. The highest BCUT2D eigenvalue weighted by Gasteiger charge is 2.12. The molecule has 94 valence electrons. The van der Waals surface area contributed by atoms with Gasteiger partial charge in [-0.05, 0) is 31.0 Å².